The van der Waals surface area contributed by atoms with Crippen LogP contribution in [0.25, 0.3) is 0 Å². The summed E-state index contributed by atoms with van der Waals surface area (Å²) in [5.74, 6) is 1.09. The van der Waals surface area contributed by atoms with E-state index in [0.29, 0.717) is 11.6 Å². The van der Waals surface area contributed by atoms with E-state index in [1.54, 1.807) is 12.5 Å². The Labute approximate surface area is 116 Å². The molecule has 1 fully saturated rings. The monoisotopic (exact) mass is 266 g/mol. The zero-order valence-corrected chi connectivity index (χ0v) is 11.0. The van der Waals surface area contributed by atoms with E-state index in [1.807, 2.05) is 10.9 Å². The van der Waals surface area contributed by atoms with Crippen LogP contribution in [0.3, 0.4) is 0 Å². The number of fused-ring (bicyclic) bond motifs is 1. The lowest BCUT2D eigenvalue weighted by atomic mass is 10.1. The summed E-state index contributed by atoms with van der Waals surface area (Å²) in [4.78, 5) is 11.1. The van der Waals surface area contributed by atoms with Crippen molar-refractivity contribution in [3.8, 4) is 6.07 Å². The fraction of sp³-hybridized carbons (Fsp3) is 0.429. The Kier molecular flexibility index (Phi) is 2.46. The molecule has 0 bridgehead atoms. The maximum absolute atomic E-state index is 8.83. The van der Waals surface area contributed by atoms with Gasteiger partial charge >= 0.3 is 0 Å². The van der Waals surface area contributed by atoms with Gasteiger partial charge in [-0.3, -0.25) is 4.68 Å². The van der Waals surface area contributed by atoms with Crippen molar-refractivity contribution in [1.82, 2.24) is 19.7 Å². The van der Waals surface area contributed by atoms with Crippen LogP contribution in [-0.4, -0.2) is 32.8 Å². The largest absolute Gasteiger partial charge is 0.352 e. The second kappa shape index (κ2) is 4.30. The minimum atomic E-state index is 0.337. The number of hydrogen-bond donors (Lipinski definition) is 0. The van der Waals surface area contributed by atoms with Gasteiger partial charge in [0.05, 0.1) is 17.8 Å². The number of aromatic nitrogens is 4. The highest BCUT2D eigenvalue weighted by atomic mass is 15.4. The highest BCUT2D eigenvalue weighted by molar-refractivity contribution is 5.52. The molecule has 0 N–H and O–H groups in total. The van der Waals surface area contributed by atoms with E-state index < -0.39 is 0 Å². The van der Waals surface area contributed by atoms with Crippen molar-refractivity contribution < 1.29 is 0 Å². The van der Waals surface area contributed by atoms with Crippen molar-refractivity contribution in [2.24, 2.45) is 0 Å². The fourth-order valence-corrected chi connectivity index (χ4v) is 3.01. The molecule has 2 aromatic rings. The lowest BCUT2D eigenvalue weighted by molar-refractivity contribution is 0.365. The van der Waals surface area contributed by atoms with Gasteiger partial charge in [-0.05, 0) is 19.3 Å². The summed E-state index contributed by atoms with van der Waals surface area (Å²) >= 11 is 0. The molecule has 3 heterocycles. The first-order valence-electron chi connectivity index (χ1n) is 6.87. The third-order valence-electron chi connectivity index (χ3n) is 4.12. The van der Waals surface area contributed by atoms with Gasteiger partial charge in [-0.25, -0.2) is 9.97 Å². The van der Waals surface area contributed by atoms with Gasteiger partial charge < -0.3 is 4.90 Å². The molecule has 0 aromatic carbocycles. The minimum Gasteiger partial charge on any atom is -0.352 e. The first kappa shape index (κ1) is 11.4. The molecule has 4 rings (SSSR count). The summed E-state index contributed by atoms with van der Waals surface area (Å²) in [5, 5.41) is 13.1. The number of nitrogens with zero attached hydrogens (tertiary/aromatic N) is 6. The van der Waals surface area contributed by atoms with Crippen LogP contribution in [-0.2, 0) is 12.8 Å². The van der Waals surface area contributed by atoms with Gasteiger partial charge in [-0.1, -0.05) is 0 Å². The molecule has 20 heavy (non-hydrogen) atoms. The second-order valence-corrected chi connectivity index (χ2v) is 5.36. The van der Waals surface area contributed by atoms with Crippen LogP contribution in [0.4, 0.5) is 5.82 Å². The standard InChI is InChI=1S/C14H14N6/c15-4-10-5-18-20(6-10)11-7-19(8-11)14-12-2-1-3-13(12)16-9-17-14/h5-6,9,11H,1-3,7-8H2. The summed E-state index contributed by atoms with van der Waals surface area (Å²) in [6.07, 6.45) is 8.45. The summed E-state index contributed by atoms with van der Waals surface area (Å²) in [7, 11) is 0. The highest BCUT2D eigenvalue weighted by Crippen LogP contribution is 2.33. The van der Waals surface area contributed by atoms with Gasteiger partial charge in [-0.2, -0.15) is 10.4 Å². The van der Waals surface area contributed by atoms with Crippen LogP contribution in [0.5, 0.6) is 0 Å². The molecule has 6 nitrogen and oxygen atoms in total. The number of nitriles is 1. The molecule has 0 atom stereocenters. The van der Waals surface area contributed by atoms with Crippen molar-refractivity contribution in [2.75, 3.05) is 18.0 Å². The first-order valence-corrected chi connectivity index (χ1v) is 6.87. The Morgan fingerprint density at radius 3 is 2.95 bits per heavy atom. The lowest BCUT2D eigenvalue weighted by Gasteiger charge is -2.40. The summed E-state index contributed by atoms with van der Waals surface area (Å²) < 4.78 is 1.89. The molecule has 0 amide bonds. The summed E-state index contributed by atoms with van der Waals surface area (Å²) in [5.41, 5.74) is 3.15. The number of aryl methyl sites for hydroxylation is 1. The van der Waals surface area contributed by atoms with Crippen LogP contribution in [0.1, 0.15) is 29.3 Å². The van der Waals surface area contributed by atoms with Gasteiger partial charge in [-0.15, -0.1) is 0 Å². The van der Waals surface area contributed by atoms with Gasteiger partial charge in [0.25, 0.3) is 0 Å². The Balaban J connectivity index is 1.52. The second-order valence-electron chi connectivity index (χ2n) is 5.36. The predicted octanol–water partition coefficient (Wildman–Crippen LogP) is 1.09. The van der Waals surface area contributed by atoms with E-state index in [4.69, 9.17) is 5.26 Å². The number of anilines is 1. The van der Waals surface area contributed by atoms with E-state index in [-0.39, 0.29) is 0 Å². The maximum Gasteiger partial charge on any atom is 0.135 e. The maximum atomic E-state index is 8.83. The van der Waals surface area contributed by atoms with E-state index >= 15 is 0 Å². The van der Waals surface area contributed by atoms with Crippen molar-refractivity contribution in [3.63, 3.8) is 0 Å². The van der Waals surface area contributed by atoms with Gasteiger partial charge in [0.15, 0.2) is 0 Å². The molecule has 0 spiro atoms. The van der Waals surface area contributed by atoms with Gasteiger partial charge in [0, 0.05) is 30.5 Å². The van der Waals surface area contributed by atoms with E-state index in [0.717, 1.165) is 31.7 Å². The molecule has 2 aliphatic rings. The highest BCUT2D eigenvalue weighted by Gasteiger charge is 2.32. The summed E-state index contributed by atoms with van der Waals surface area (Å²) in [6, 6.07) is 2.45. The Morgan fingerprint density at radius 1 is 1.25 bits per heavy atom. The molecule has 100 valence electrons. The van der Waals surface area contributed by atoms with E-state index in [1.165, 1.54) is 17.7 Å². The van der Waals surface area contributed by atoms with Crippen molar-refractivity contribution in [2.45, 2.75) is 25.3 Å². The lowest BCUT2D eigenvalue weighted by Crippen LogP contribution is -2.48. The summed E-state index contributed by atoms with van der Waals surface area (Å²) in [6.45, 7) is 1.80. The predicted molar refractivity (Wildman–Crippen MR) is 72.2 cm³/mol. The Bertz CT molecular complexity index is 692. The molecule has 1 saturated heterocycles. The van der Waals surface area contributed by atoms with Crippen LogP contribution in [0.2, 0.25) is 0 Å². The molecular formula is C14H14N6. The minimum absolute atomic E-state index is 0.337. The van der Waals surface area contributed by atoms with Crippen LogP contribution >= 0.6 is 0 Å². The zero-order chi connectivity index (χ0) is 13.5. The van der Waals surface area contributed by atoms with Crippen LogP contribution < -0.4 is 4.90 Å². The van der Waals surface area contributed by atoms with E-state index in [2.05, 4.69) is 26.0 Å². The third-order valence-corrected chi connectivity index (χ3v) is 4.12. The molecule has 0 radical (unpaired) electrons. The Morgan fingerprint density at radius 2 is 2.15 bits per heavy atom. The van der Waals surface area contributed by atoms with Gasteiger partial charge in [0.2, 0.25) is 0 Å². The number of rotatable bonds is 2. The number of hydrogen-bond acceptors (Lipinski definition) is 5. The first-order chi connectivity index (χ1) is 9.85. The normalized spacial score (nSPS) is 17.6. The van der Waals surface area contributed by atoms with E-state index in [9.17, 15) is 0 Å². The fourth-order valence-electron chi connectivity index (χ4n) is 3.01. The molecule has 2 aromatic heterocycles. The molecule has 6 heteroatoms. The molecule has 0 unspecified atom stereocenters. The Hall–Kier alpha value is -2.42. The average Bonchev–Trinajstić information content (AvgIpc) is 3.05. The van der Waals surface area contributed by atoms with Crippen molar-refractivity contribution >= 4 is 5.82 Å². The molecular weight excluding hydrogens is 252 g/mol. The third kappa shape index (κ3) is 1.67. The van der Waals surface area contributed by atoms with Gasteiger partial charge in [0.1, 0.15) is 18.2 Å². The van der Waals surface area contributed by atoms with Crippen molar-refractivity contribution in [3.05, 3.63) is 35.5 Å². The molecule has 0 saturated carbocycles. The quantitative estimate of drug-likeness (QED) is 0.814. The van der Waals surface area contributed by atoms with Crippen LogP contribution in [0.15, 0.2) is 18.7 Å². The smallest absolute Gasteiger partial charge is 0.135 e. The average molecular weight is 266 g/mol. The SMILES string of the molecule is N#Cc1cnn(C2CN(c3ncnc4c3CCC4)C2)c1. The van der Waals surface area contributed by atoms with Crippen molar-refractivity contribution in [1.29, 1.82) is 5.26 Å². The zero-order valence-electron chi connectivity index (χ0n) is 11.0. The van der Waals surface area contributed by atoms with Crippen LogP contribution in [0, 0.1) is 11.3 Å². The molecule has 1 aliphatic heterocycles. The molecule has 1 aliphatic carbocycles. The topological polar surface area (TPSA) is 70.6 Å².